The van der Waals surface area contributed by atoms with E-state index in [2.05, 4.69) is 20.8 Å². The number of fused-ring (bicyclic) bond motifs is 1. The van der Waals surface area contributed by atoms with Gasteiger partial charge in [-0.3, -0.25) is 4.79 Å². The third kappa shape index (κ3) is 4.86. The highest BCUT2D eigenvalue weighted by molar-refractivity contribution is 5.93. The van der Waals surface area contributed by atoms with Crippen LogP contribution in [0.3, 0.4) is 0 Å². The molecular formula is C20H27N5O3. The predicted octanol–water partition coefficient (Wildman–Crippen LogP) is 2.53. The quantitative estimate of drug-likeness (QED) is 0.702. The number of benzene rings is 1. The van der Waals surface area contributed by atoms with Crippen LogP contribution >= 0.6 is 0 Å². The first-order valence-corrected chi connectivity index (χ1v) is 10.2. The van der Waals surface area contributed by atoms with Gasteiger partial charge in [0.1, 0.15) is 5.75 Å². The van der Waals surface area contributed by atoms with Crippen molar-refractivity contribution in [3.63, 3.8) is 0 Å². The van der Waals surface area contributed by atoms with E-state index >= 15 is 0 Å². The molecule has 0 saturated carbocycles. The van der Waals surface area contributed by atoms with Crippen LogP contribution < -0.4 is 10.1 Å². The van der Waals surface area contributed by atoms with E-state index in [1.807, 2.05) is 22.9 Å². The number of aryl methyl sites for hydroxylation is 2. The molecule has 1 aromatic carbocycles. The second-order valence-electron chi connectivity index (χ2n) is 7.44. The maximum Gasteiger partial charge on any atom is 0.224 e. The lowest BCUT2D eigenvalue weighted by atomic mass is 10.0. The van der Waals surface area contributed by atoms with E-state index in [1.165, 1.54) is 6.42 Å². The largest absolute Gasteiger partial charge is 0.494 e. The van der Waals surface area contributed by atoms with Crippen molar-refractivity contribution in [2.45, 2.75) is 64.0 Å². The molecule has 8 heteroatoms. The van der Waals surface area contributed by atoms with Crippen molar-refractivity contribution in [3.05, 3.63) is 29.6 Å². The minimum absolute atomic E-state index is 0.0820. The van der Waals surface area contributed by atoms with Crippen LogP contribution in [0.1, 0.15) is 49.9 Å². The summed E-state index contributed by atoms with van der Waals surface area (Å²) in [6.07, 6.45) is 7.72. The molecule has 2 aromatic rings. The molecule has 0 bridgehead atoms. The summed E-state index contributed by atoms with van der Waals surface area (Å²) in [6.45, 7) is 2.23. The number of tetrazole rings is 1. The Kier molecular flexibility index (Phi) is 6.16. The number of carbonyl (C=O) groups excluding carboxylic acids is 1. The van der Waals surface area contributed by atoms with Gasteiger partial charge in [-0.15, -0.1) is 5.10 Å². The molecule has 0 spiro atoms. The topological polar surface area (TPSA) is 91.2 Å². The zero-order chi connectivity index (χ0) is 19.2. The molecule has 1 atom stereocenters. The van der Waals surface area contributed by atoms with Gasteiger partial charge < -0.3 is 14.8 Å². The third-order valence-electron chi connectivity index (χ3n) is 5.29. The van der Waals surface area contributed by atoms with Crippen molar-refractivity contribution in [1.29, 1.82) is 0 Å². The van der Waals surface area contributed by atoms with E-state index in [0.29, 0.717) is 13.0 Å². The van der Waals surface area contributed by atoms with E-state index in [9.17, 15) is 4.79 Å². The minimum Gasteiger partial charge on any atom is -0.494 e. The van der Waals surface area contributed by atoms with Crippen molar-refractivity contribution in [2.75, 3.05) is 18.5 Å². The van der Waals surface area contributed by atoms with Crippen molar-refractivity contribution >= 4 is 11.6 Å². The Morgan fingerprint density at radius 3 is 3.11 bits per heavy atom. The summed E-state index contributed by atoms with van der Waals surface area (Å²) in [5.41, 5.74) is 2.04. The molecule has 150 valence electrons. The minimum atomic E-state index is 0.0820. The normalized spacial score (nSPS) is 19.1. The molecule has 1 amide bonds. The number of hydrogen-bond acceptors (Lipinski definition) is 6. The number of unbranched alkanes of at least 4 members (excludes halogenated alkanes) is 1. The SMILES string of the molecule is O=C1CCc2cc(OCCCCc3nnnn3CC3CCCCO3)ccc2N1. The fourth-order valence-corrected chi connectivity index (χ4v) is 3.71. The van der Waals surface area contributed by atoms with Gasteiger partial charge in [0.15, 0.2) is 5.82 Å². The lowest BCUT2D eigenvalue weighted by Crippen LogP contribution is -2.26. The number of carbonyl (C=O) groups is 1. The molecule has 3 heterocycles. The summed E-state index contributed by atoms with van der Waals surface area (Å²) in [7, 11) is 0. The van der Waals surface area contributed by atoms with Crippen LogP contribution in [0.25, 0.3) is 0 Å². The fourth-order valence-electron chi connectivity index (χ4n) is 3.71. The molecule has 1 aromatic heterocycles. The Balaban J connectivity index is 1.19. The van der Waals surface area contributed by atoms with Crippen LogP contribution in [0.4, 0.5) is 5.69 Å². The second kappa shape index (κ2) is 9.14. The first-order chi connectivity index (χ1) is 13.8. The fraction of sp³-hybridized carbons (Fsp3) is 0.600. The number of nitrogens with zero attached hydrogens (tertiary/aromatic N) is 4. The van der Waals surface area contributed by atoms with E-state index in [0.717, 1.165) is 74.5 Å². The van der Waals surface area contributed by atoms with Crippen molar-refractivity contribution < 1.29 is 14.3 Å². The molecule has 2 aliphatic rings. The number of amides is 1. The average Bonchev–Trinajstić information content (AvgIpc) is 3.15. The summed E-state index contributed by atoms with van der Waals surface area (Å²) in [5.74, 6) is 1.85. The summed E-state index contributed by atoms with van der Waals surface area (Å²) in [5, 5.41) is 15.0. The van der Waals surface area contributed by atoms with Crippen LogP contribution in [0, 0.1) is 0 Å². The van der Waals surface area contributed by atoms with Crippen LogP contribution in [0.5, 0.6) is 5.75 Å². The smallest absolute Gasteiger partial charge is 0.224 e. The van der Waals surface area contributed by atoms with Gasteiger partial charge in [-0.1, -0.05) is 0 Å². The first kappa shape index (κ1) is 18.9. The second-order valence-corrected chi connectivity index (χ2v) is 7.44. The van der Waals surface area contributed by atoms with Gasteiger partial charge in [0.25, 0.3) is 0 Å². The zero-order valence-electron chi connectivity index (χ0n) is 16.1. The summed E-state index contributed by atoms with van der Waals surface area (Å²) in [4.78, 5) is 11.4. The highest BCUT2D eigenvalue weighted by atomic mass is 16.5. The Morgan fingerprint density at radius 2 is 2.21 bits per heavy atom. The highest BCUT2D eigenvalue weighted by Gasteiger charge is 2.17. The van der Waals surface area contributed by atoms with Gasteiger partial charge in [-0.25, -0.2) is 4.68 Å². The number of aromatic nitrogens is 4. The molecule has 0 aliphatic carbocycles. The number of ether oxygens (including phenoxy) is 2. The van der Waals surface area contributed by atoms with E-state index in [1.54, 1.807) is 0 Å². The van der Waals surface area contributed by atoms with E-state index in [4.69, 9.17) is 9.47 Å². The first-order valence-electron chi connectivity index (χ1n) is 10.2. The summed E-state index contributed by atoms with van der Waals surface area (Å²) >= 11 is 0. The van der Waals surface area contributed by atoms with Gasteiger partial charge in [-0.2, -0.15) is 0 Å². The van der Waals surface area contributed by atoms with Gasteiger partial charge in [0, 0.05) is 25.1 Å². The van der Waals surface area contributed by atoms with Crippen LogP contribution in [0.15, 0.2) is 18.2 Å². The average molecular weight is 385 g/mol. The molecule has 1 saturated heterocycles. The van der Waals surface area contributed by atoms with Gasteiger partial charge in [0.2, 0.25) is 5.91 Å². The molecule has 1 unspecified atom stereocenters. The summed E-state index contributed by atoms with van der Waals surface area (Å²) in [6, 6.07) is 5.86. The summed E-state index contributed by atoms with van der Waals surface area (Å²) < 4.78 is 13.5. The Hall–Kier alpha value is -2.48. The maximum atomic E-state index is 11.4. The molecule has 0 radical (unpaired) electrons. The highest BCUT2D eigenvalue weighted by Crippen LogP contribution is 2.26. The molecule has 1 N–H and O–H groups in total. The van der Waals surface area contributed by atoms with Crippen LogP contribution in [-0.2, 0) is 28.9 Å². The van der Waals surface area contributed by atoms with E-state index in [-0.39, 0.29) is 12.0 Å². The van der Waals surface area contributed by atoms with Gasteiger partial charge in [0.05, 0.1) is 19.3 Å². The molecule has 4 rings (SSSR count). The molecule has 28 heavy (non-hydrogen) atoms. The van der Waals surface area contributed by atoms with E-state index < -0.39 is 0 Å². The molecule has 2 aliphatic heterocycles. The molecular weight excluding hydrogens is 358 g/mol. The lowest BCUT2D eigenvalue weighted by molar-refractivity contribution is -0.116. The number of hydrogen-bond donors (Lipinski definition) is 1. The zero-order valence-corrected chi connectivity index (χ0v) is 16.1. The van der Waals surface area contributed by atoms with Gasteiger partial charge >= 0.3 is 0 Å². The van der Waals surface area contributed by atoms with Gasteiger partial charge in [-0.05, 0) is 72.7 Å². The molecule has 8 nitrogen and oxygen atoms in total. The maximum absolute atomic E-state index is 11.4. The Morgan fingerprint density at radius 1 is 1.25 bits per heavy atom. The third-order valence-corrected chi connectivity index (χ3v) is 5.29. The van der Waals surface area contributed by atoms with Crippen molar-refractivity contribution in [3.8, 4) is 5.75 Å². The molecule has 1 fully saturated rings. The monoisotopic (exact) mass is 385 g/mol. The Labute approximate surface area is 164 Å². The number of nitrogens with one attached hydrogen (secondary N) is 1. The number of anilines is 1. The Bertz CT molecular complexity index is 801. The van der Waals surface area contributed by atoms with Crippen LogP contribution in [-0.4, -0.2) is 45.4 Å². The van der Waals surface area contributed by atoms with Crippen LogP contribution in [0.2, 0.25) is 0 Å². The number of rotatable bonds is 8. The lowest BCUT2D eigenvalue weighted by Gasteiger charge is -2.22. The van der Waals surface area contributed by atoms with Crippen molar-refractivity contribution in [1.82, 2.24) is 20.2 Å². The standard InChI is InChI=1S/C20H27N5O3/c26-20-10-7-15-13-16(8-9-18(15)21-20)27-11-4-2-6-19-22-23-24-25(19)14-17-5-1-3-12-28-17/h8-9,13,17H,1-7,10-12,14H2,(H,21,26). The predicted molar refractivity (Wildman–Crippen MR) is 103 cm³/mol. The van der Waals surface area contributed by atoms with Crippen molar-refractivity contribution in [2.24, 2.45) is 0 Å².